The van der Waals surface area contributed by atoms with Crippen LogP contribution in [0.1, 0.15) is 24.1 Å². The van der Waals surface area contributed by atoms with Gasteiger partial charge in [0.2, 0.25) is 0 Å². The van der Waals surface area contributed by atoms with E-state index in [1.165, 1.54) is 5.56 Å². The van der Waals surface area contributed by atoms with Gasteiger partial charge in [-0.2, -0.15) is 0 Å². The first-order chi connectivity index (χ1) is 11.8. The monoisotopic (exact) mass is 348 g/mol. The Morgan fingerprint density at radius 2 is 1.84 bits per heavy atom. The van der Waals surface area contributed by atoms with Gasteiger partial charge in [-0.3, -0.25) is 4.90 Å². The van der Waals surface area contributed by atoms with Crippen molar-refractivity contribution in [3.63, 3.8) is 0 Å². The molecule has 140 valence electrons. The Hall–Kier alpha value is -1.63. The summed E-state index contributed by atoms with van der Waals surface area (Å²) in [6.45, 7) is 8.94. The highest BCUT2D eigenvalue weighted by Crippen LogP contribution is 2.13. The number of aliphatic hydroxyl groups is 1. The quantitative estimate of drug-likeness (QED) is 0.814. The molecular weight excluding hydrogens is 316 g/mol. The van der Waals surface area contributed by atoms with E-state index in [1.807, 2.05) is 38.1 Å². The first-order valence-corrected chi connectivity index (χ1v) is 9.02. The lowest BCUT2D eigenvalue weighted by Gasteiger charge is -2.34. The second-order valence-corrected chi connectivity index (χ2v) is 7.22. The number of nitrogens with one attached hydrogen (secondary N) is 1. The molecule has 2 rings (SSSR count). The lowest BCUT2D eigenvalue weighted by Crippen LogP contribution is -2.49. The maximum atomic E-state index is 12.3. The summed E-state index contributed by atoms with van der Waals surface area (Å²) in [5.74, 6) is 0. The minimum absolute atomic E-state index is 0.0645. The first-order valence-electron chi connectivity index (χ1n) is 9.02. The Bertz CT molecular complexity index is 541. The van der Waals surface area contributed by atoms with E-state index in [4.69, 9.17) is 0 Å². The molecule has 2 amide bonds. The largest absolute Gasteiger partial charge is 0.390 e. The number of likely N-dealkylation sites (N-methyl/N-ethyl adjacent to an activating group) is 2. The van der Waals surface area contributed by atoms with Crippen LogP contribution in [0.5, 0.6) is 0 Å². The summed E-state index contributed by atoms with van der Waals surface area (Å²) in [5.41, 5.74) is 2.27. The molecule has 2 N–H and O–H groups in total. The minimum atomic E-state index is -0.533. The third kappa shape index (κ3) is 6.30. The van der Waals surface area contributed by atoms with Gasteiger partial charge in [-0.05, 0) is 26.5 Å². The van der Waals surface area contributed by atoms with Gasteiger partial charge in [0.25, 0.3) is 0 Å². The summed E-state index contributed by atoms with van der Waals surface area (Å²) in [4.78, 5) is 18.5. The summed E-state index contributed by atoms with van der Waals surface area (Å²) in [7, 11) is 3.84. The summed E-state index contributed by atoms with van der Waals surface area (Å²) in [5, 5.41) is 13.3. The third-order valence-electron chi connectivity index (χ3n) is 4.81. The number of amides is 2. The van der Waals surface area contributed by atoms with E-state index in [-0.39, 0.29) is 12.1 Å². The number of piperazine rings is 1. The maximum absolute atomic E-state index is 12.3. The van der Waals surface area contributed by atoms with Gasteiger partial charge in [-0.15, -0.1) is 0 Å². The normalized spacial score (nSPS) is 18.6. The number of carbonyl (C=O) groups excluding carboxylic acids is 1. The predicted octanol–water partition coefficient (Wildman–Crippen LogP) is 1.31. The molecule has 0 spiro atoms. The van der Waals surface area contributed by atoms with Crippen molar-refractivity contribution in [3.8, 4) is 0 Å². The first kappa shape index (κ1) is 19.7. The van der Waals surface area contributed by atoms with Crippen LogP contribution in [0.2, 0.25) is 0 Å². The van der Waals surface area contributed by atoms with Crippen LogP contribution in [0.4, 0.5) is 4.79 Å². The number of carbonyl (C=O) groups is 1. The summed E-state index contributed by atoms with van der Waals surface area (Å²) < 4.78 is 0. The van der Waals surface area contributed by atoms with Crippen molar-refractivity contribution in [2.24, 2.45) is 0 Å². The van der Waals surface area contributed by atoms with Crippen molar-refractivity contribution in [3.05, 3.63) is 35.4 Å². The van der Waals surface area contributed by atoms with Crippen LogP contribution in [0.25, 0.3) is 0 Å². The molecule has 0 aliphatic carbocycles. The zero-order chi connectivity index (χ0) is 18.4. The van der Waals surface area contributed by atoms with Gasteiger partial charge in [0.1, 0.15) is 0 Å². The minimum Gasteiger partial charge on any atom is -0.390 e. The number of hydrogen-bond acceptors (Lipinski definition) is 4. The number of urea groups is 1. The molecule has 25 heavy (non-hydrogen) atoms. The zero-order valence-corrected chi connectivity index (χ0v) is 15.9. The van der Waals surface area contributed by atoms with E-state index in [2.05, 4.69) is 22.2 Å². The Morgan fingerprint density at radius 1 is 1.24 bits per heavy atom. The Morgan fingerprint density at radius 3 is 2.44 bits per heavy atom. The van der Waals surface area contributed by atoms with Gasteiger partial charge in [0.05, 0.1) is 12.1 Å². The lowest BCUT2D eigenvalue weighted by atomic mass is 10.1. The van der Waals surface area contributed by atoms with Crippen LogP contribution in [-0.4, -0.2) is 85.3 Å². The van der Waals surface area contributed by atoms with E-state index in [9.17, 15) is 9.90 Å². The summed E-state index contributed by atoms with van der Waals surface area (Å²) in [6, 6.07) is 7.92. The Balaban J connectivity index is 1.76. The molecule has 1 saturated heterocycles. The molecule has 0 radical (unpaired) electrons. The van der Waals surface area contributed by atoms with E-state index < -0.39 is 6.10 Å². The van der Waals surface area contributed by atoms with Crippen molar-refractivity contribution in [2.75, 3.05) is 53.4 Å². The molecule has 0 aromatic heterocycles. The number of aliphatic hydroxyl groups excluding tert-OH is 1. The van der Waals surface area contributed by atoms with Gasteiger partial charge in [0, 0.05) is 46.3 Å². The number of hydrogen-bond donors (Lipinski definition) is 2. The molecule has 1 aromatic rings. The van der Waals surface area contributed by atoms with Gasteiger partial charge in [-0.25, -0.2) is 4.79 Å². The van der Waals surface area contributed by atoms with Crippen LogP contribution in [0.3, 0.4) is 0 Å². The second-order valence-electron chi connectivity index (χ2n) is 7.22. The van der Waals surface area contributed by atoms with Crippen molar-refractivity contribution < 1.29 is 9.90 Å². The van der Waals surface area contributed by atoms with Crippen LogP contribution in [0.15, 0.2) is 24.3 Å². The van der Waals surface area contributed by atoms with Crippen LogP contribution >= 0.6 is 0 Å². The van der Waals surface area contributed by atoms with E-state index in [1.54, 1.807) is 11.9 Å². The molecule has 1 aromatic carbocycles. The molecule has 1 aliphatic heterocycles. The molecule has 1 fully saturated rings. The molecule has 0 bridgehead atoms. The van der Waals surface area contributed by atoms with Crippen molar-refractivity contribution >= 4 is 6.03 Å². The Kier molecular flexibility index (Phi) is 7.23. The number of benzene rings is 1. The van der Waals surface area contributed by atoms with E-state index in [0.29, 0.717) is 13.1 Å². The highest BCUT2D eigenvalue weighted by molar-refractivity contribution is 5.74. The zero-order valence-electron chi connectivity index (χ0n) is 15.9. The van der Waals surface area contributed by atoms with E-state index in [0.717, 1.165) is 31.7 Å². The molecule has 0 saturated carbocycles. The average Bonchev–Trinajstić information content (AvgIpc) is 2.57. The topological polar surface area (TPSA) is 59.1 Å². The highest BCUT2D eigenvalue weighted by atomic mass is 16.3. The van der Waals surface area contributed by atoms with Gasteiger partial charge >= 0.3 is 6.03 Å². The molecule has 0 unspecified atom stereocenters. The third-order valence-corrected chi connectivity index (χ3v) is 4.81. The molecule has 2 atom stereocenters. The molecule has 6 nitrogen and oxygen atoms in total. The molecular formula is C19H32N4O2. The molecule has 1 aliphatic rings. The van der Waals surface area contributed by atoms with Crippen molar-refractivity contribution in [1.82, 2.24) is 20.0 Å². The smallest absolute Gasteiger partial charge is 0.317 e. The van der Waals surface area contributed by atoms with Crippen molar-refractivity contribution in [1.29, 1.82) is 0 Å². The van der Waals surface area contributed by atoms with Gasteiger partial charge < -0.3 is 20.2 Å². The fraction of sp³-hybridized carbons (Fsp3) is 0.632. The van der Waals surface area contributed by atoms with Crippen LogP contribution in [-0.2, 0) is 0 Å². The number of β-amino-alcohol motifs (C(OH)–C–C–N with tert-alkyl or cyclic N) is 1. The molecule has 6 heteroatoms. The Labute approximate surface area is 151 Å². The average molecular weight is 348 g/mol. The van der Waals surface area contributed by atoms with Crippen molar-refractivity contribution in [2.45, 2.75) is 26.0 Å². The highest BCUT2D eigenvalue weighted by Gasteiger charge is 2.20. The van der Waals surface area contributed by atoms with Gasteiger partial charge in [-0.1, -0.05) is 29.8 Å². The standard InChI is InChI=1S/C19H32N4O2/c1-15-5-7-17(8-6-15)16(2)20-19(25)22(4)13-18(24)14-23-11-9-21(3)10-12-23/h5-8,16,18,24H,9-14H2,1-4H3,(H,20,25)/t16-,18-/m1/s1. The maximum Gasteiger partial charge on any atom is 0.317 e. The fourth-order valence-electron chi connectivity index (χ4n) is 3.02. The number of rotatable bonds is 6. The summed E-state index contributed by atoms with van der Waals surface area (Å²) >= 11 is 0. The second kappa shape index (κ2) is 9.17. The number of nitrogens with zero attached hydrogens (tertiary/aromatic N) is 3. The van der Waals surface area contributed by atoms with Crippen LogP contribution < -0.4 is 5.32 Å². The van der Waals surface area contributed by atoms with Crippen LogP contribution in [0, 0.1) is 6.92 Å². The molecule has 1 heterocycles. The number of aryl methyl sites for hydroxylation is 1. The SMILES string of the molecule is Cc1ccc([C@@H](C)NC(=O)N(C)C[C@@H](O)CN2CCN(C)CC2)cc1. The summed E-state index contributed by atoms with van der Waals surface area (Å²) in [6.07, 6.45) is -0.533. The van der Waals surface area contributed by atoms with Gasteiger partial charge in [0.15, 0.2) is 0 Å². The lowest BCUT2D eigenvalue weighted by molar-refractivity contribution is 0.0656. The predicted molar refractivity (Wildman–Crippen MR) is 101 cm³/mol. The fourth-order valence-corrected chi connectivity index (χ4v) is 3.02. The van der Waals surface area contributed by atoms with E-state index >= 15 is 0 Å².